The molecule has 15 heavy (non-hydrogen) atoms. The first-order chi connectivity index (χ1) is 6.97. The van der Waals surface area contributed by atoms with Gasteiger partial charge < -0.3 is 31.1 Å². The second-order valence-electron chi connectivity index (χ2n) is 3.51. The van der Waals surface area contributed by atoms with Gasteiger partial charge >= 0.3 is 0 Å². The van der Waals surface area contributed by atoms with E-state index in [1.54, 1.807) is 0 Å². The number of ether oxygens (including phenoxy) is 1. The van der Waals surface area contributed by atoms with Crippen LogP contribution in [0.2, 0.25) is 0 Å². The van der Waals surface area contributed by atoms with Crippen LogP contribution < -0.4 is 11.1 Å². The average Bonchev–Trinajstić information content (AvgIpc) is 2.18. The normalized spacial score (nSPS) is 41.3. The molecule has 1 aliphatic rings. The molecule has 88 valence electrons. The van der Waals surface area contributed by atoms with E-state index in [4.69, 9.17) is 10.5 Å². The summed E-state index contributed by atoms with van der Waals surface area (Å²) in [4.78, 5) is 10.8. The van der Waals surface area contributed by atoms with Gasteiger partial charge in [-0.3, -0.25) is 4.79 Å². The largest absolute Gasteiger partial charge is 0.388 e. The fourth-order valence-corrected chi connectivity index (χ4v) is 1.53. The van der Waals surface area contributed by atoms with E-state index in [1.807, 2.05) is 0 Å². The van der Waals surface area contributed by atoms with Gasteiger partial charge in [-0.1, -0.05) is 0 Å². The zero-order valence-corrected chi connectivity index (χ0v) is 8.33. The molecule has 6 N–H and O–H groups in total. The average molecular weight is 220 g/mol. The fourth-order valence-electron chi connectivity index (χ4n) is 1.53. The lowest BCUT2D eigenvalue weighted by Gasteiger charge is -2.40. The zero-order valence-electron chi connectivity index (χ0n) is 8.33. The molecule has 0 spiro atoms. The third kappa shape index (κ3) is 2.64. The summed E-state index contributed by atoms with van der Waals surface area (Å²) in [5.74, 6) is -0.430. The van der Waals surface area contributed by atoms with Crippen molar-refractivity contribution in [2.24, 2.45) is 5.73 Å². The number of aliphatic hydroxyl groups is 3. The van der Waals surface area contributed by atoms with E-state index < -0.39 is 36.6 Å². The summed E-state index contributed by atoms with van der Waals surface area (Å²) in [6, 6.07) is -1.04. The van der Waals surface area contributed by atoms with Gasteiger partial charge in [-0.2, -0.15) is 0 Å². The van der Waals surface area contributed by atoms with Gasteiger partial charge in [0.25, 0.3) is 0 Å². The molecule has 7 nitrogen and oxygen atoms in total. The Labute approximate surface area is 86.8 Å². The van der Waals surface area contributed by atoms with Crippen molar-refractivity contribution in [1.82, 2.24) is 5.32 Å². The highest BCUT2D eigenvalue weighted by molar-refractivity contribution is 5.73. The highest BCUT2D eigenvalue weighted by Gasteiger charge is 2.43. The van der Waals surface area contributed by atoms with Gasteiger partial charge in [0.1, 0.15) is 24.4 Å². The van der Waals surface area contributed by atoms with E-state index in [-0.39, 0.29) is 6.54 Å². The predicted molar refractivity (Wildman–Crippen MR) is 49.6 cm³/mol. The smallest absolute Gasteiger partial charge is 0.217 e. The molecule has 1 fully saturated rings. The van der Waals surface area contributed by atoms with Crippen LogP contribution in [0.25, 0.3) is 0 Å². The Morgan fingerprint density at radius 2 is 2.00 bits per heavy atom. The minimum atomic E-state index is -1.37. The molecule has 0 unspecified atom stereocenters. The number of hydrogen-bond donors (Lipinski definition) is 5. The number of aliphatic hydroxyl groups excluding tert-OH is 3. The monoisotopic (exact) mass is 220 g/mol. The number of carbonyl (C=O) groups excluding carboxylic acids is 1. The summed E-state index contributed by atoms with van der Waals surface area (Å²) >= 11 is 0. The molecule has 1 heterocycles. The molecule has 7 heteroatoms. The van der Waals surface area contributed by atoms with Gasteiger partial charge in [0.15, 0.2) is 6.29 Å². The summed E-state index contributed by atoms with van der Waals surface area (Å²) in [5.41, 5.74) is 5.27. The quantitative estimate of drug-likeness (QED) is 0.335. The lowest BCUT2D eigenvalue weighted by molar-refractivity contribution is -0.244. The van der Waals surface area contributed by atoms with Gasteiger partial charge in [0.05, 0.1) is 0 Å². The van der Waals surface area contributed by atoms with E-state index >= 15 is 0 Å². The molecule has 1 saturated heterocycles. The van der Waals surface area contributed by atoms with Gasteiger partial charge in [0.2, 0.25) is 5.91 Å². The van der Waals surface area contributed by atoms with E-state index in [2.05, 4.69) is 5.32 Å². The number of rotatable bonds is 2. The summed E-state index contributed by atoms with van der Waals surface area (Å²) in [7, 11) is 0. The van der Waals surface area contributed by atoms with Crippen molar-refractivity contribution in [2.45, 2.75) is 37.6 Å². The molecular formula is C8H16N2O5. The first-order valence-corrected chi connectivity index (χ1v) is 4.64. The van der Waals surface area contributed by atoms with Crippen LogP contribution in [0.3, 0.4) is 0 Å². The Morgan fingerprint density at radius 1 is 1.40 bits per heavy atom. The van der Waals surface area contributed by atoms with Crippen molar-refractivity contribution in [3.63, 3.8) is 0 Å². The fraction of sp³-hybridized carbons (Fsp3) is 0.875. The summed E-state index contributed by atoms with van der Waals surface area (Å²) < 4.78 is 4.94. The third-order valence-corrected chi connectivity index (χ3v) is 2.32. The zero-order chi connectivity index (χ0) is 11.6. The van der Waals surface area contributed by atoms with E-state index in [9.17, 15) is 20.1 Å². The van der Waals surface area contributed by atoms with Crippen LogP contribution in [-0.4, -0.2) is 58.4 Å². The Kier molecular flexibility index (Phi) is 4.00. The molecule has 1 rings (SSSR count). The molecule has 0 aromatic carbocycles. The predicted octanol–water partition coefficient (Wildman–Crippen LogP) is -3.11. The summed E-state index contributed by atoms with van der Waals surface area (Å²) in [5, 5.41) is 30.9. The van der Waals surface area contributed by atoms with Crippen LogP contribution in [0.1, 0.15) is 6.92 Å². The second-order valence-corrected chi connectivity index (χ2v) is 3.51. The van der Waals surface area contributed by atoms with E-state index in [0.29, 0.717) is 0 Å². The molecule has 0 aromatic heterocycles. The third-order valence-electron chi connectivity index (χ3n) is 2.32. The van der Waals surface area contributed by atoms with Crippen LogP contribution in [0, 0.1) is 0 Å². The van der Waals surface area contributed by atoms with Crippen molar-refractivity contribution < 1.29 is 24.9 Å². The van der Waals surface area contributed by atoms with Crippen molar-refractivity contribution in [3.05, 3.63) is 0 Å². The van der Waals surface area contributed by atoms with Gasteiger partial charge in [0, 0.05) is 13.5 Å². The maximum absolute atomic E-state index is 10.8. The van der Waals surface area contributed by atoms with Crippen LogP contribution in [0.15, 0.2) is 0 Å². The first-order valence-electron chi connectivity index (χ1n) is 4.64. The maximum atomic E-state index is 10.8. The second kappa shape index (κ2) is 4.86. The van der Waals surface area contributed by atoms with Crippen LogP contribution in [0.4, 0.5) is 0 Å². The molecule has 1 aliphatic heterocycles. The summed E-state index contributed by atoms with van der Waals surface area (Å²) in [6.45, 7) is 1.21. The Balaban J connectivity index is 2.70. The number of carbonyl (C=O) groups is 1. The van der Waals surface area contributed by atoms with Crippen molar-refractivity contribution in [1.29, 1.82) is 0 Å². The number of hydrogen-bond acceptors (Lipinski definition) is 6. The minimum absolute atomic E-state index is 0.0257. The molecule has 1 amide bonds. The van der Waals surface area contributed by atoms with E-state index in [0.717, 1.165) is 0 Å². The van der Waals surface area contributed by atoms with Crippen LogP contribution in [0.5, 0.6) is 0 Å². The number of nitrogens with two attached hydrogens (primary N) is 1. The molecule has 0 aliphatic carbocycles. The molecule has 0 aromatic rings. The van der Waals surface area contributed by atoms with Crippen molar-refractivity contribution >= 4 is 5.91 Å². The molecular weight excluding hydrogens is 204 g/mol. The lowest BCUT2D eigenvalue weighted by Crippen LogP contribution is -2.64. The highest BCUT2D eigenvalue weighted by atomic mass is 16.6. The van der Waals surface area contributed by atoms with Crippen molar-refractivity contribution in [3.8, 4) is 0 Å². The molecule has 5 atom stereocenters. The van der Waals surface area contributed by atoms with Crippen molar-refractivity contribution in [2.75, 3.05) is 6.54 Å². The molecule has 0 saturated carbocycles. The Morgan fingerprint density at radius 3 is 2.47 bits per heavy atom. The molecule has 0 radical (unpaired) electrons. The van der Waals surface area contributed by atoms with Crippen LogP contribution >= 0.6 is 0 Å². The highest BCUT2D eigenvalue weighted by Crippen LogP contribution is 2.19. The number of amides is 1. The van der Waals surface area contributed by atoms with Gasteiger partial charge in [-0.25, -0.2) is 0 Å². The number of nitrogens with one attached hydrogen (secondary N) is 1. The van der Waals surface area contributed by atoms with Gasteiger partial charge in [-0.15, -0.1) is 0 Å². The van der Waals surface area contributed by atoms with Crippen LogP contribution in [-0.2, 0) is 9.53 Å². The Hall–Kier alpha value is -0.730. The molecule has 0 bridgehead atoms. The SMILES string of the molecule is CC(=O)N[C@@H]1[C@@H](O)[C@H](O)[C@@H](CN)O[C@@H]1O. The lowest BCUT2D eigenvalue weighted by atomic mass is 9.97. The maximum Gasteiger partial charge on any atom is 0.217 e. The summed E-state index contributed by atoms with van der Waals surface area (Å²) in [6.07, 6.45) is -4.73. The topological polar surface area (TPSA) is 125 Å². The standard InChI is InChI=1S/C8H16N2O5/c1-3(11)10-5-7(13)6(12)4(2-9)15-8(5)14/h4-8,12-14H,2,9H2,1H3,(H,10,11)/t4-,5-,6-,7-,8+/m1/s1. The van der Waals surface area contributed by atoms with Gasteiger partial charge in [-0.05, 0) is 0 Å². The Bertz CT molecular complexity index is 237. The first kappa shape index (κ1) is 12.3. The minimum Gasteiger partial charge on any atom is -0.388 e. The van der Waals surface area contributed by atoms with E-state index in [1.165, 1.54) is 6.92 Å².